The average molecular weight is 344 g/mol. The number of carbonyl (C=O) groups excluding carboxylic acids is 1. The Morgan fingerprint density at radius 3 is 2.88 bits per heavy atom. The minimum atomic E-state index is -0.175. The van der Waals surface area contributed by atoms with Crippen LogP contribution < -0.4 is 20.1 Å². The van der Waals surface area contributed by atoms with Gasteiger partial charge in [-0.3, -0.25) is 5.10 Å². The third-order valence-corrected chi connectivity index (χ3v) is 4.26. The van der Waals surface area contributed by atoms with E-state index in [4.69, 9.17) is 9.47 Å². The number of aromatic amines is 1. The number of benzene rings is 1. The molecule has 3 N–H and O–H groups in total. The van der Waals surface area contributed by atoms with Gasteiger partial charge in [-0.25, -0.2) is 4.79 Å². The second-order valence-corrected chi connectivity index (χ2v) is 6.15. The molecule has 0 fully saturated rings. The van der Waals surface area contributed by atoms with Crippen LogP contribution in [0.2, 0.25) is 0 Å². The van der Waals surface area contributed by atoms with Gasteiger partial charge in [-0.05, 0) is 49.9 Å². The third kappa shape index (κ3) is 4.43. The van der Waals surface area contributed by atoms with E-state index in [9.17, 15) is 4.79 Å². The molecule has 3 rings (SSSR count). The number of hydrogen-bond donors (Lipinski definition) is 3. The molecule has 0 bridgehead atoms. The molecule has 0 radical (unpaired) electrons. The van der Waals surface area contributed by atoms with Gasteiger partial charge in [0.2, 0.25) is 0 Å². The van der Waals surface area contributed by atoms with Crippen molar-refractivity contribution in [3.8, 4) is 11.5 Å². The van der Waals surface area contributed by atoms with E-state index in [1.54, 1.807) is 0 Å². The number of aryl methyl sites for hydroxylation is 2. The summed E-state index contributed by atoms with van der Waals surface area (Å²) in [6.07, 6.45) is 3.59. The molecule has 1 aromatic carbocycles. The van der Waals surface area contributed by atoms with E-state index in [1.807, 2.05) is 38.2 Å². The van der Waals surface area contributed by atoms with E-state index >= 15 is 0 Å². The number of H-pyrrole nitrogens is 1. The number of amides is 2. The molecule has 2 heterocycles. The van der Waals surface area contributed by atoms with Gasteiger partial charge in [-0.15, -0.1) is 0 Å². The number of hydrogen-bond acceptors (Lipinski definition) is 4. The number of rotatable bonds is 6. The summed E-state index contributed by atoms with van der Waals surface area (Å²) in [6, 6.07) is 5.45. The number of carbonyl (C=O) groups is 1. The van der Waals surface area contributed by atoms with Crippen molar-refractivity contribution in [3.63, 3.8) is 0 Å². The van der Waals surface area contributed by atoms with Crippen LogP contribution in [-0.4, -0.2) is 36.0 Å². The molecular weight excluding hydrogens is 320 g/mol. The van der Waals surface area contributed by atoms with Crippen LogP contribution in [0.1, 0.15) is 36.2 Å². The number of nitrogens with zero attached hydrogens (tertiary/aromatic N) is 1. The maximum Gasteiger partial charge on any atom is 0.315 e. The van der Waals surface area contributed by atoms with Crippen LogP contribution in [0.25, 0.3) is 0 Å². The topological polar surface area (TPSA) is 88.3 Å². The molecule has 2 amide bonds. The lowest BCUT2D eigenvalue weighted by Crippen LogP contribution is -2.37. The smallest absolute Gasteiger partial charge is 0.315 e. The number of aromatic nitrogens is 2. The Balaban J connectivity index is 1.43. The molecule has 2 aromatic rings. The molecular formula is C18H24N4O3. The fourth-order valence-corrected chi connectivity index (χ4v) is 2.77. The van der Waals surface area contributed by atoms with Gasteiger partial charge in [0.15, 0.2) is 11.5 Å². The summed E-state index contributed by atoms with van der Waals surface area (Å²) in [5, 5.41) is 12.7. The summed E-state index contributed by atoms with van der Waals surface area (Å²) in [7, 11) is 0. The van der Waals surface area contributed by atoms with E-state index in [2.05, 4.69) is 20.8 Å². The van der Waals surface area contributed by atoms with Gasteiger partial charge in [0, 0.05) is 12.2 Å². The zero-order chi connectivity index (χ0) is 17.6. The Kier molecular flexibility index (Phi) is 5.42. The first-order valence-electron chi connectivity index (χ1n) is 8.56. The number of ether oxygens (including phenoxy) is 2. The van der Waals surface area contributed by atoms with Crippen molar-refractivity contribution in [1.82, 2.24) is 20.8 Å². The Hall–Kier alpha value is -2.70. The standard InChI is InChI=1S/C18H24N4O3/c1-12(14-5-6-16-17(10-14)25-9-8-24-16)21-18(23)19-7-3-4-15-11-20-22-13(15)2/h5-6,10-12H,3-4,7-9H2,1-2H3,(H,20,22)(H2,19,21,23)/t12-/m0/s1. The van der Waals surface area contributed by atoms with E-state index in [1.165, 1.54) is 5.56 Å². The molecule has 1 aromatic heterocycles. The van der Waals surface area contributed by atoms with Crippen LogP contribution in [-0.2, 0) is 6.42 Å². The maximum absolute atomic E-state index is 12.0. The van der Waals surface area contributed by atoms with Crippen LogP contribution in [0.3, 0.4) is 0 Å². The zero-order valence-electron chi connectivity index (χ0n) is 14.6. The molecule has 0 saturated carbocycles. The molecule has 25 heavy (non-hydrogen) atoms. The Labute approximate surface area is 147 Å². The fraction of sp³-hybridized carbons (Fsp3) is 0.444. The van der Waals surface area contributed by atoms with Gasteiger partial charge in [0.25, 0.3) is 0 Å². The first-order valence-corrected chi connectivity index (χ1v) is 8.56. The highest BCUT2D eigenvalue weighted by Gasteiger charge is 2.15. The summed E-state index contributed by atoms with van der Waals surface area (Å²) < 4.78 is 11.1. The van der Waals surface area contributed by atoms with Crippen LogP contribution in [0.15, 0.2) is 24.4 Å². The Morgan fingerprint density at radius 1 is 1.32 bits per heavy atom. The zero-order valence-corrected chi connectivity index (χ0v) is 14.6. The maximum atomic E-state index is 12.0. The van der Waals surface area contributed by atoms with Crippen LogP contribution >= 0.6 is 0 Å². The van der Waals surface area contributed by atoms with Crippen LogP contribution in [0.4, 0.5) is 4.79 Å². The van der Waals surface area contributed by atoms with Crippen molar-refractivity contribution < 1.29 is 14.3 Å². The lowest BCUT2D eigenvalue weighted by molar-refractivity contribution is 0.171. The van der Waals surface area contributed by atoms with Crippen LogP contribution in [0.5, 0.6) is 11.5 Å². The molecule has 7 nitrogen and oxygen atoms in total. The first kappa shape index (κ1) is 17.1. The summed E-state index contributed by atoms with van der Waals surface area (Å²) in [5.41, 5.74) is 3.25. The summed E-state index contributed by atoms with van der Waals surface area (Å²) in [4.78, 5) is 12.0. The van der Waals surface area contributed by atoms with Crippen molar-refractivity contribution in [3.05, 3.63) is 41.2 Å². The van der Waals surface area contributed by atoms with Gasteiger partial charge in [0.05, 0.1) is 12.2 Å². The van der Waals surface area contributed by atoms with Crippen LogP contribution in [0, 0.1) is 6.92 Å². The third-order valence-electron chi connectivity index (χ3n) is 4.26. The van der Waals surface area contributed by atoms with Gasteiger partial charge in [-0.2, -0.15) is 5.10 Å². The van der Waals surface area contributed by atoms with Gasteiger partial charge in [0.1, 0.15) is 13.2 Å². The molecule has 134 valence electrons. The van der Waals surface area contributed by atoms with E-state index in [0.29, 0.717) is 19.8 Å². The predicted molar refractivity (Wildman–Crippen MR) is 94.0 cm³/mol. The lowest BCUT2D eigenvalue weighted by Gasteiger charge is -2.21. The molecule has 1 aliphatic rings. The fourth-order valence-electron chi connectivity index (χ4n) is 2.77. The molecule has 0 spiro atoms. The van der Waals surface area contributed by atoms with E-state index in [0.717, 1.165) is 35.6 Å². The number of fused-ring (bicyclic) bond motifs is 1. The van der Waals surface area contributed by atoms with E-state index < -0.39 is 0 Å². The van der Waals surface area contributed by atoms with Gasteiger partial charge >= 0.3 is 6.03 Å². The van der Waals surface area contributed by atoms with Crippen molar-refractivity contribution in [1.29, 1.82) is 0 Å². The Morgan fingerprint density at radius 2 is 2.12 bits per heavy atom. The second kappa shape index (κ2) is 7.92. The van der Waals surface area contributed by atoms with Crippen molar-refractivity contribution >= 4 is 6.03 Å². The minimum absolute atomic E-state index is 0.119. The Bertz CT molecular complexity index is 729. The molecule has 0 saturated heterocycles. The van der Waals surface area contributed by atoms with Crippen molar-refractivity contribution in [2.45, 2.75) is 32.7 Å². The summed E-state index contributed by atoms with van der Waals surface area (Å²) >= 11 is 0. The van der Waals surface area contributed by atoms with Crippen molar-refractivity contribution in [2.75, 3.05) is 19.8 Å². The molecule has 7 heteroatoms. The largest absolute Gasteiger partial charge is 0.486 e. The first-order chi connectivity index (χ1) is 12.1. The minimum Gasteiger partial charge on any atom is -0.486 e. The van der Waals surface area contributed by atoms with Gasteiger partial charge in [-0.1, -0.05) is 6.07 Å². The number of nitrogens with one attached hydrogen (secondary N) is 3. The van der Waals surface area contributed by atoms with Gasteiger partial charge < -0.3 is 20.1 Å². The average Bonchev–Trinajstić information content (AvgIpc) is 3.03. The molecule has 0 aliphatic carbocycles. The highest BCUT2D eigenvalue weighted by molar-refractivity contribution is 5.74. The quantitative estimate of drug-likeness (QED) is 0.703. The highest BCUT2D eigenvalue weighted by Crippen LogP contribution is 2.32. The second-order valence-electron chi connectivity index (χ2n) is 6.15. The van der Waals surface area contributed by atoms with E-state index in [-0.39, 0.29) is 12.1 Å². The molecule has 1 aliphatic heterocycles. The monoisotopic (exact) mass is 344 g/mol. The lowest BCUT2D eigenvalue weighted by atomic mass is 10.1. The normalized spacial score (nSPS) is 14.0. The highest BCUT2D eigenvalue weighted by atomic mass is 16.6. The van der Waals surface area contributed by atoms with Crippen molar-refractivity contribution in [2.24, 2.45) is 0 Å². The molecule has 0 unspecified atom stereocenters. The number of urea groups is 1. The SMILES string of the molecule is Cc1[nH]ncc1CCCNC(=O)N[C@@H](C)c1ccc2c(c1)OCCO2. The molecule has 1 atom stereocenters. The predicted octanol–water partition coefficient (Wildman–Crippen LogP) is 2.48. The summed E-state index contributed by atoms with van der Waals surface area (Å²) in [6.45, 7) is 5.68. The summed E-state index contributed by atoms with van der Waals surface area (Å²) in [5.74, 6) is 1.48.